The Morgan fingerprint density at radius 1 is 0.788 bits per heavy atom. The van der Waals surface area contributed by atoms with Gasteiger partial charge in [0, 0.05) is 70.3 Å². The van der Waals surface area contributed by atoms with Crippen LogP contribution in [0.1, 0.15) is 72.3 Å². The molecule has 1 spiro atoms. The van der Waals surface area contributed by atoms with Gasteiger partial charge in [0.25, 0.3) is 5.91 Å². The summed E-state index contributed by atoms with van der Waals surface area (Å²) in [5.74, 6) is 0.363. The summed E-state index contributed by atoms with van der Waals surface area (Å²) >= 11 is 6.41. The number of carbonyl (C=O) groups is 4. The highest BCUT2D eigenvalue weighted by atomic mass is 35.5. The zero-order valence-corrected chi connectivity index (χ0v) is 30.3. The van der Waals surface area contributed by atoms with Crippen molar-refractivity contribution in [2.45, 2.75) is 50.9 Å². The number of halogens is 1. The lowest BCUT2D eigenvalue weighted by atomic mass is 9.65. The predicted molar refractivity (Wildman–Crippen MR) is 200 cm³/mol. The van der Waals surface area contributed by atoms with E-state index < -0.39 is 6.03 Å². The molecule has 3 heterocycles. The fourth-order valence-electron chi connectivity index (χ4n) is 9.15. The fraction of sp³-hybridized carbons (Fsp3) is 0.463. The number of amides is 5. The lowest BCUT2D eigenvalue weighted by Gasteiger charge is -2.47. The summed E-state index contributed by atoms with van der Waals surface area (Å²) in [4.78, 5) is 58.5. The van der Waals surface area contributed by atoms with Crippen molar-refractivity contribution in [1.82, 2.24) is 20.0 Å². The minimum Gasteiger partial charge on any atom is -0.448 e. The Morgan fingerprint density at radius 3 is 2.10 bits per heavy atom. The molecular formula is C41H46ClN5O5. The first-order valence-corrected chi connectivity index (χ1v) is 19.2. The van der Waals surface area contributed by atoms with Gasteiger partial charge in [-0.2, -0.15) is 0 Å². The molecule has 8 rings (SSSR count). The largest absolute Gasteiger partial charge is 0.448 e. The number of anilines is 1. The first kappa shape index (κ1) is 34.7. The van der Waals surface area contributed by atoms with Crippen molar-refractivity contribution in [1.29, 1.82) is 0 Å². The van der Waals surface area contributed by atoms with E-state index in [2.05, 4.69) is 58.7 Å². The smallest absolute Gasteiger partial charge is 0.409 e. The van der Waals surface area contributed by atoms with Gasteiger partial charge in [-0.15, -0.1) is 0 Å². The highest BCUT2D eigenvalue weighted by Crippen LogP contribution is 2.47. The van der Waals surface area contributed by atoms with Crippen LogP contribution in [0.25, 0.3) is 11.1 Å². The van der Waals surface area contributed by atoms with E-state index in [1.807, 2.05) is 9.80 Å². The van der Waals surface area contributed by atoms with Crippen LogP contribution in [-0.4, -0.2) is 97.6 Å². The summed E-state index contributed by atoms with van der Waals surface area (Å²) in [6, 6.07) is 21.4. The molecule has 0 unspecified atom stereocenters. The molecule has 52 heavy (non-hydrogen) atoms. The van der Waals surface area contributed by atoms with Crippen LogP contribution in [0, 0.1) is 11.3 Å². The maximum atomic E-state index is 13.5. The molecule has 10 nitrogen and oxygen atoms in total. The summed E-state index contributed by atoms with van der Waals surface area (Å²) < 4.78 is 5.93. The lowest BCUT2D eigenvalue weighted by Crippen LogP contribution is -2.50. The van der Waals surface area contributed by atoms with Gasteiger partial charge in [0.2, 0.25) is 5.91 Å². The van der Waals surface area contributed by atoms with Crippen LogP contribution < -0.4 is 10.2 Å². The van der Waals surface area contributed by atoms with Crippen molar-refractivity contribution in [3.05, 3.63) is 88.4 Å². The second-order valence-electron chi connectivity index (χ2n) is 15.2. The average molecular weight is 724 g/mol. The Morgan fingerprint density at radius 2 is 1.44 bits per heavy atom. The second kappa shape index (κ2) is 14.5. The zero-order chi connectivity index (χ0) is 35.8. The number of benzene rings is 3. The summed E-state index contributed by atoms with van der Waals surface area (Å²) in [6.07, 6.45) is 6.75. The first-order chi connectivity index (χ1) is 25.3. The third-order valence-electron chi connectivity index (χ3n) is 12.3. The summed E-state index contributed by atoms with van der Waals surface area (Å²) in [6.45, 7) is 6.22. The van der Waals surface area contributed by atoms with Crippen LogP contribution in [0.4, 0.5) is 15.3 Å². The third kappa shape index (κ3) is 6.90. The van der Waals surface area contributed by atoms with Crippen molar-refractivity contribution in [2.75, 3.05) is 63.9 Å². The van der Waals surface area contributed by atoms with E-state index in [4.69, 9.17) is 16.3 Å². The SMILES string of the molecule is O=C1CCN(c2cc(C(=O)N3CCC4(CCC(CN5CCN(C(=O)OCC6c7ccccc7-c7ccccc76)CC5)CC4)CC3)ccc2Cl)C(=O)N1. The normalized spacial score (nSPS) is 20.8. The second-order valence-corrected chi connectivity index (χ2v) is 15.7. The molecule has 0 bridgehead atoms. The molecule has 5 aliphatic rings. The Bertz CT molecular complexity index is 1810. The van der Waals surface area contributed by atoms with Crippen LogP contribution >= 0.6 is 11.6 Å². The molecule has 0 atom stereocenters. The molecule has 3 saturated heterocycles. The van der Waals surface area contributed by atoms with Gasteiger partial charge in [0.15, 0.2) is 0 Å². The predicted octanol–water partition coefficient (Wildman–Crippen LogP) is 6.77. The highest BCUT2D eigenvalue weighted by molar-refractivity contribution is 6.34. The molecule has 0 aromatic heterocycles. The maximum absolute atomic E-state index is 13.5. The number of rotatable bonds is 6. The van der Waals surface area contributed by atoms with Crippen LogP contribution in [0.15, 0.2) is 66.7 Å². The van der Waals surface area contributed by atoms with Crippen molar-refractivity contribution < 1.29 is 23.9 Å². The molecule has 5 amide bonds. The molecule has 0 radical (unpaired) electrons. The van der Waals surface area contributed by atoms with Gasteiger partial charge in [0.05, 0.1) is 10.7 Å². The van der Waals surface area contributed by atoms with Crippen molar-refractivity contribution in [3.8, 4) is 11.1 Å². The summed E-state index contributed by atoms with van der Waals surface area (Å²) in [7, 11) is 0. The van der Waals surface area contributed by atoms with E-state index in [0.29, 0.717) is 47.3 Å². The average Bonchev–Trinajstić information content (AvgIpc) is 3.49. The van der Waals surface area contributed by atoms with Gasteiger partial charge in [-0.1, -0.05) is 60.1 Å². The zero-order valence-electron chi connectivity index (χ0n) is 29.5. The lowest BCUT2D eigenvalue weighted by molar-refractivity contribution is -0.120. The molecule has 1 N–H and O–H groups in total. The Labute approximate surface area is 310 Å². The number of carbonyl (C=O) groups excluding carboxylic acids is 4. The van der Waals surface area contributed by atoms with Crippen molar-refractivity contribution in [3.63, 3.8) is 0 Å². The standard InChI is InChI=1S/C41H46ClN5O5/c42-35-10-9-29(25-36(35)47-18-13-37(48)43-39(47)50)38(49)45-19-16-41(17-20-45)14-11-28(12-15-41)26-44-21-23-46(24-22-44)40(51)52-27-34-32-7-3-1-5-30(32)31-6-2-4-8-33(31)34/h1-10,25,28,34H,11-24,26-27H2,(H,43,48,50). The number of fused-ring (bicyclic) bond motifs is 3. The van der Waals surface area contributed by atoms with Gasteiger partial charge in [-0.3, -0.25) is 24.7 Å². The highest BCUT2D eigenvalue weighted by Gasteiger charge is 2.40. The van der Waals surface area contributed by atoms with E-state index in [1.54, 1.807) is 18.2 Å². The number of hydrogen-bond acceptors (Lipinski definition) is 6. The quantitative estimate of drug-likeness (QED) is 0.302. The number of urea groups is 1. The van der Waals surface area contributed by atoms with Crippen LogP contribution in [0.2, 0.25) is 5.02 Å². The van der Waals surface area contributed by atoms with Gasteiger partial charge >= 0.3 is 12.1 Å². The van der Waals surface area contributed by atoms with E-state index in [-0.39, 0.29) is 36.8 Å². The number of nitrogens with zero attached hydrogens (tertiary/aromatic N) is 4. The summed E-state index contributed by atoms with van der Waals surface area (Å²) in [5.41, 5.74) is 6.17. The first-order valence-electron chi connectivity index (χ1n) is 18.8. The number of ether oxygens (including phenoxy) is 1. The van der Waals surface area contributed by atoms with Crippen LogP contribution in [0.5, 0.6) is 0 Å². The third-order valence-corrected chi connectivity index (χ3v) is 12.6. The Kier molecular flexibility index (Phi) is 9.70. The molecule has 4 fully saturated rings. The molecule has 3 aliphatic heterocycles. The van der Waals surface area contributed by atoms with Gasteiger partial charge < -0.3 is 14.5 Å². The number of likely N-dealkylation sites (tertiary alicyclic amines) is 1. The number of piperazine rings is 1. The molecule has 272 valence electrons. The monoisotopic (exact) mass is 723 g/mol. The van der Waals surface area contributed by atoms with Gasteiger partial charge in [-0.25, -0.2) is 9.59 Å². The maximum Gasteiger partial charge on any atom is 0.409 e. The van der Waals surface area contributed by atoms with Gasteiger partial charge in [0.1, 0.15) is 6.61 Å². The molecule has 11 heteroatoms. The van der Waals surface area contributed by atoms with Crippen molar-refractivity contribution >= 4 is 41.2 Å². The number of nitrogens with one attached hydrogen (secondary N) is 1. The fourth-order valence-corrected chi connectivity index (χ4v) is 9.37. The van der Waals surface area contributed by atoms with Crippen molar-refractivity contribution in [2.24, 2.45) is 11.3 Å². The molecular weight excluding hydrogens is 678 g/mol. The van der Waals surface area contributed by atoms with Gasteiger partial charge in [-0.05, 0) is 90.3 Å². The van der Waals surface area contributed by atoms with E-state index >= 15 is 0 Å². The molecule has 2 aliphatic carbocycles. The van der Waals surface area contributed by atoms with Crippen LogP contribution in [-0.2, 0) is 9.53 Å². The number of hydrogen-bond donors (Lipinski definition) is 1. The molecule has 1 saturated carbocycles. The van der Waals surface area contributed by atoms with Crippen LogP contribution in [0.3, 0.4) is 0 Å². The van der Waals surface area contributed by atoms with E-state index in [0.717, 1.165) is 45.6 Å². The molecule has 3 aromatic carbocycles. The minimum atomic E-state index is -0.519. The van der Waals surface area contributed by atoms with E-state index in [1.165, 1.54) is 52.8 Å². The summed E-state index contributed by atoms with van der Waals surface area (Å²) in [5, 5.41) is 2.69. The van der Waals surface area contributed by atoms with E-state index in [9.17, 15) is 19.2 Å². The molecule has 3 aromatic rings. The topological polar surface area (TPSA) is 103 Å². The number of piperidine rings is 1. The minimum absolute atomic E-state index is 0.0489. The Hall–Kier alpha value is -4.41. The Balaban J connectivity index is 0.772. The number of imide groups is 1.